The van der Waals surface area contributed by atoms with E-state index < -0.39 is 47.9 Å². The van der Waals surface area contributed by atoms with Crippen LogP contribution >= 0.6 is 0 Å². The van der Waals surface area contributed by atoms with E-state index in [0.717, 1.165) is 0 Å². The molecule has 11 heteroatoms. The molecular weight excluding hydrogens is 392 g/mol. The molecule has 0 saturated heterocycles. The molecule has 1 aromatic rings. The number of carbonyl (C=O) groups excluding carboxylic acids is 3. The first kappa shape index (κ1) is 25.1. The molecule has 0 saturated carbocycles. The summed E-state index contributed by atoms with van der Waals surface area (Å²) in [6.07, 6.45) is 2.88. The average molecular weight is 425 g/mol. The predicted molar refractivity (Wildman–Crippen MR) is 109 cm³/mol. The van der Waals surface area contributed by atoms with E-state index in [4.69, 9.17) is 5.73 Å². The standard InChI is InChI=1S/C19H32N6O5/c1-9(2)14(20)17(27)25-15(10(3)4)18(28)23-11(5)16(26)24-13(19(29)30)6-12-7-21-8-22-12/h7-11,13-15H,6,20H2,1-5H3,(H,21,22)(H,23,28)(H,24,26)(H,25,27)(H,29,30). The van der Waals surface area contributed by atoms with E-state index >= 15 is 0 Å². The zero-order chi connectivity index (χ0) is 23.0. The predicted octanol–water partition coefficient (Wildman–Crippen LogP) is -0.850. The van der Waals surface area contributed by atoms with Gasteiger partial charge in [-0.3, -0.25) is 14.4 Å². The van der Waals surface area contributed by atoms with Gasteiger partial charge < -0.3 is 31.8 Å². The van der Waals surface area contributed by atoms with Crippen molar-refractivity contribution in [1.29, 1.82) is 0 Å². The highest BCUT2D eigenvalue weighted by molar-refractivity contribution is 5.94. The molecule has 0 aliphatic carbocycles. The number of hydrogen-bond acceptors (Lipinski definition) is 6. The van der Waals surface area contributed by atoms with Gasteiger partial charge in [0.2, 0.25) is 17.7 Å². The molecule has 4 unspecified atom stereocenters. The second kappa shape index (κ2) is 11.3. The lowest BCUT2D eigenvalue weighted by Gasteiger charge is -2.26. The summed E-state index contributed by atoms with van der Waals surface area (Å²) in [7, 11) is 0. The Kier molecular flexibility index (Phi) is 9.44. The summed E-state index contributed by atoms with van der Waals surface area (Å²) in [5.41, 5.74) is 6.37. The number of aromatic nitrogens is 2. The quantitative estimate of drug-likeness (QED) is 0.268. The number of imidazole rings is 1. The van der Waals surface area contributed by atoms with E-state index in [1.807, 2.05) is 0 Å². The summed E-state index contributed by atoms with van der Waals surface area (Å²) in [4.78, 5) is 55.3. The summed E-state index contributed by atoms with van der Waals surface area (Å²) in [6, 6.07) is -3.86. The van der Waals surface area contributed by atoms with Gasteiger partial charge in [0.15, 0.2) is 0 Å². The number of amides is 3. The highest BCUT2D eigenvalue weighted by Gasteiger charge is 2.30. The molecule has 0 aliphatic heterocycles. The molecule has 0 radical (unpaired) electrons. The van der Waals surface area contributed by atoms with E-state index in [1.165, 1.54) is 19.4 Å². The van der Waals surface area contributed by atoms with Crippen LogP contribution in [0.4, 0.5) is 0 Å². The fraction of sp³-hybridized carbons (Fsp3) is 0.632. The van der Waals surface area contributed by atoms with Gasteiger partial charge in [-0.15, -0.1) is 0 Å². The van der Waals surface area contributed by atoms with Gasteiger partial charge in [-0.2, -0.15) is 0 Å². The zero-order valence-corrected chi connectivity index (χ0v) is 17.9. The van der Waals surface area contributed by atoms with Gasteiger partial charge in [0.25, 0.3) is 0 Å². The van der Waals surface area contributed by atoms with Crippen molar-refractivity contribution in [3.63, 3.8) is 0 Å². The van der Waals surface area contributed by atoms with E-state index in [0.29, 0.717) is 5.69 Å². The smallest absolute Gasteiger partial charge is 0.326 e. The molecule has 1 aromatic heterocycles. The zero-order valence-electron chi connectivity index (χ0n) is 17.9. The summed E-state index contributed by atoms with van der Waals surface area (Å²) < 4.78 is 0. The Balaban J connectivity index is 2.73. The monoisotopic (exact) mass is 424 g/mol. The third kappa shape index (κ3) is 7.47. The van der Waals surface area contributed by atoms with Crippen LogP contribution in [0.3, 0.4) is 0 Å². The van der Waals surface area contributed by atoms with Crippen molar-refractivity contribution in [3.05, 3.63) is 18.2 Å². The molecule has 0 aliphatic rings. The maximum Gasteiger partial charge on any atom is 0.326 e. The Morgan fingerprint density at radius 1 is 1.00 bits per heavy atom. The van der Waals surface area contributed by atoms with Crippen LogP contribution in [0.25, 0.3) is 0 Å². The Labute approximate surface area is 175 Å². The minimum atomic E-state index is -1.22. The van der Waals surface area contributed by atoms with Crippen LogP contribution in [-0.2, 0) is 25.6 Å². The number of carboxylic acids is 1. The fourth-order valence-corrected chi connectivity index (χ4v) is 2.57. The topological polar surface area (TPSA) is 179 Å². The summed E-state index contributed by atoms with van der Waals surface area (Å²) in [5, 5.41) is 16.9. The Hall–Kier alpha value is -2.95. The van der Waals surface area contributed by atoms with Crippen LogP contribution in [0, 0.1) is 11.8 Å². The second-order valence-corrected chi connectivity index (χ2v) is 7.91. The van der Waals surface area contributed by atoms with Crippen molar-refractivity contribution in [2.45, 2.75) is 65.2 Å². The number of hydrogen-bond donors (Lipinski definition) is 6. The molecule has 0 aromatic carbocycles. The molecule has 7 N–H and O–H groups in total. The molecule has 0 spiro atoms. The molecule has 4 atom stereocenters. The number of H-pyrrole nitrogens is 1. The maximum atomic E-state index is 12.6. The van der Waals surface area contributed by atoms with Gasteiger partial charge in [0.05, 0.1) is 12.4 Å². The van der Waals surface area contributed by atoms with E-state index in [9.17, 15) is 24.3 Å². The molecule has 3 amide bonds. The number of nitrogens with zero attached hydrogens (tertiary/aromatic N) is 1. The lowest BCUT2D eigenvalue weighted by Crippen LogP contribution is -2.58. The second-order valence-electron chi connectivity index (χ2n) is 7.91. The maximum absolute atomic E-state index is 12.6. The van der Waals surface area contributed by atoms with Gasteiger partial charge in [0, 0.05) is 18.3 Å². The van der Waals surface area contributed by atoms with Gasteiger partial charge in [0.1, 0.15) is 18.1 Å². The third-order valence-corrected chi connectivity index (χ3v) is 4.61. The molecule has 11 nitrogen and oxygen atoms in total. The van der Waals surface area contributed by atoms with Crippen LogP contribution < -0.4 is 21.7 Å². The molecule has 1 heterocycles. The average Bonchev–Trinajstić information content (AvgIpc) is 3.16. The highest BCUT2D eigenvalue weighted by Crippen LogP contribution is 2.06. The molecule has 1 rings (SSSR count). The van der Waals surface area contributed by atoms with Crippen LogP contribution in [0.5, 0.6) is 0 Å². The van der Waals surface area contributed by atoms with E-state index in [1.54, 1.807) is 27.7 Å². The van der Waals surface area contributed by atoms with E-state index in [-0.39, 0.29) is 18.3 Å². The number of nitrogens with two attached hydrogens (primary N) is 1. The van der Waals surface area contributed by atoms with Gasteiger partial charge in [-0.05, 0) is 18.8 Å². The van der Waals surface area contributed by atoms with Crippen LogP contribution in [0.2, 0.25) is 0 Å². The van der Waals surface area contributed by atoms with Crippen LogP contribution in [-0.4, -0.2) is 62.9 Å². The Morgan fingerprint density at radius 3 is 2.10 bits per heavy atom. The van der Waals surface area contributed by atoms with Gasteiger partial charge in [-0.1, -0.05) is 27.7 Å². The molecule has 0 bridgehead atoms. The number of carbonyl (C=O) groups is 4. The SMILES string of the molecule is CC(NC(=O)C(NC(=O)C(N)C(C)C)C(C)C)C(=O)NC(Cc1cnc[nH]1)C(=O)O. The minimum absolute atomic E-state index is 0.0134. The molecular formula is C19H32N6O5. The molecule has 168 valence electrons. The number of carboxylic acid groups (broad SMARTS) is 1. The lowest BCUT2D eigenvalue weighted by atomic mass is 10.00. The Morgan fingerprint density at radius 2 is 1.63 bits per heavy atom. The summed E-state index contributed by atoms with van der Waals surface area (Å²) in [6.45, 7) is 8.52. The first-order chi connectivity index (χ1) is 13.9. The highest BCUT2D eigenvalue weighted by atomic mass is 16.4. The number of aliphatic carboxylic acids is 1. The molecule has 30 heavy (non-hydrogen) atoms. The molecule has 0 fully saturated rings. The van der Waals surface area contributed by atoms with Crippen LogP contribution in [0.15, 0.2) is 12.5 Å². The van der Waals surface area contributed by atoms with Crippen molar-refractivity contribution < 1.29 is 24.3 Å². The van der Waals surface area contributed by atoms with Crippen molar-refractivity contribution in [2.75, 3.05) is 0 Å². The van der Waals surface area contributed by atoms with E-state index in [2.05, 4.69) is 25.9 Å². The van der Waals surface area contributed by atoms with Crippen molar-refractivity contribution in [3.8, 4) is 0 Å². The normalized spacial score (nSPS) is 15.2. The fourth-order valence-electron chi connectivity index (χ4n) is 2.57. The van der Waals surface area contributed by atoms with Gasteiger partial charge >= 0.3 is 5.97 Å². The first-order valence-electron chi connectivity index (χ1n) is 9.80. The van der Waals surface area contributed by atoms with Crippen molar-refractivity contribution in [2.24, 2.45) is 17.6 Å². The number of rotatable bonds is 11. The number of nitrogens with one attached hydrogen (secondary N) is 4. The summed E-state index contributed by atoms with van der Waals surface area (Å²) in [5.74, 6) is -3.25. The first-order valence-corrected chi connectivity index (χ1v) is 9.80. The van der Waals surface area contributed by atoms with Crippen LogP contribution in [0.1, 0.15) is 40.3 Å². The third-order valence-electron chi connectivity index (χ3n) is 4.61. The van der Waals surface area contributed by atoms with Gasteiger partial charge in [-0.25, -0.2) is 9.78 Å². The number of aromatic amines is 1. The minimum Gasteiger partial charge on any atom is -0.480 e. The van der Waals surface area contributed by atoms with Crippen molar-refractivity contribution >= 4 is 23.7 Å². The largest absolute Gasteiger partial charge is 0.480 e. The lowest BCUT2D eigenvalue weighted by molar-refractivity contribution is -0.142. The Bertz CT molecular complexity index is 734. The summed E-state index contributed by atoms with van der Waals surface area (Å²) >= 11 is 0. The van der Waals surface area contributed by atoms with Crippen molar-refractivity contribution in [1.82, 2.24) is 25.9 Å².